The minimum absolute atomic E-state index is 0.143. The molecule has 1 aromatic rings. The summed E-state index contributed by atoms with van der Waals surface area (Å²) in [5.41, 5.74) is 2.29. The van der Waals surface area contributed by atoms with Crippen LogP contribution in [0.15, 0.2) is 29.3 Å². The van der Waals surface area contributed by atoms with E-state index in [1.54, 1.807) is 0 Å². The molecule has 0 spiro atoms. The second kappa shape index (κ2) is 13.4. The van der Waals surface area contributed by atoms with Gasteiger partial charge >= 0.3 is 0 Å². The summed E-state index contributed by atoms with van der Waals surface area (Å²) in [7, 11) is 0. The van der Waals surface area contributed by atoms with Gasteiger partial charge < -0.3 is 29.3 Å². The molecule has 1 unspecified atom stereocenters. The number of carbonyl (C=O) groups is 1. The molecule has 0 bridgehead atoms. The van der Waals surface area contributed by atoms with Gasteiger partial charge in [-0.2, -0.15) is 0 Å². The molecule has 2 fully saturated rings. The zero-order valence-corrected chi connectivity index (χ0v) is 19.6. The van der Waals surface area contributed by atoms with E-state index in [0.717, 1.165) is 49.6 Å². The van der Waals surface area contributed by atoms with Gasteiger partial charge in [0.05, 0.1) is 26.4 Å². The lowest BCUT2D eigenvalue weighted by atomic mass is 10.1. The van der Waals surface area contributed by atoms with E-state index >= 15 is 0 Å². The second-order valence-corrected chi connectivity index (χ2v) is 8.05. The Morgan fingerprint density at radius 2 is 1.88 bits per heavy atom. The smallest absolute Gasteiger partial charge is 0.251 e. The quantitative estimate of drug-likeness (QED) is 0.337. The minimum atomic E-state index is -0.237. The van der Waals surface area contributed by atoms with Gasteiger partial charge in [0.1, 0.15) is 6.10 Å². The van der Waals surface area contributed by atoms with Gasteiger partial charge in [0.15, 0.2) is 5.96 Å². The molecule has 0 saturated carbocycles. The van der Waals surface area contributed by atoms with E-state index in [2.05, 4.69) is 41.4 Å². The molecule has 1 amide bonds. The number of amides is 1. The van der Waals surface area contributed by atoms with Crippen molar-refractivity contribution >= 4 is 11.9 Å². The average molecular weight is 447 g/mol. The standard InChI is InChI=1S/C24H38N4O4/c1-3-25-24(28-12-10-27(11-13-28)23(29)22-9-6-14-32-22)26-18-20-7-5-8-21(17-20)19-31-16-15-30-4-2/h5,7-8,17,22H,3-4,6,9-16,18-19H2,1-2H3,(H,25,26). The molecule has 1 aromatic carbocycles. The Balaban J connectivity index is 1.50. The first-order valence-corrected chi connectivity index (χ1v) is 11.9. The van der Waals surface area contributed by atoms with Crippen LogP contribution in [-0.4, -0.2) is 86.9 Å². The van der Waals surface area contributed by atoms with Gasteiger partial charge in [-0.3, -0.25) is 4.79 Å². The molecule has 8 nitrogen and oxygen atoms in total. The summed E-state index contributed by atoms with van der Waals surface area (Å²) in [6.07, 6.45) is 1.59. The average Bonchev–Trinajstić information content (AvgIpc) is 3.37. The fraction of sp³-hybridized carbons (Fsp3) is 0.667. The number of ether oxygens (including phenoxy) is 3. The van der Waals surface area contributed by atoms with E-state index in [1.165, 1.54) is 0 Å². The SMILES string of the molecule is CCNC(=NCc1cccc(COCCOCC)c1)N1CCN(C(=O)C2CCCO2)CC1. The Morgan fingerprint density at radius 3 is 2.59 bits per heavy atom. The van der Waals surface area contributed by atoms with Crippen molar-refractivity contribution in [1.82, 2.24) is 15.1 Å². The monoisotopic (exact) mass is 446 g/mol. The largest absolute Gasteiger partial charge is 0.379 e. The Labute approximate surface area is 191 Å². The van der Waals surface area contributed by atoms with Crippen molar-refractivity contribution in [1.29, 1.82) is 0 Å². The van der Waals surface area contributed by atoms with Gasteiger partial charge in [-0.05, 0) is 37.8 Å². The van der Waals surface area contributed by atoms with E-state index in [4.69, 9.17) is 19.2 Å². The highest BCUT2D eigenvalue weighted by Crippen LogP contribution is 2.16. The first-order chi connectivity index (χ1) is 15.7. The Hall–Kier alpha value is -2.16. The van der Waals surface area contributed by atoms with Crippen molar-refractivity contribution in [3.8, 4) is 0 Å². The number of benzene rings is 1. The normalized spacial score (nSPS) is 19.4. The number of carbonyl (C=O) groups excluding carboxylic acids is 1. The van der Waals surface area contributed by atoms with Crippen LogP contribution in [0, 0.1) is 0 Å². The molecule has 178 valence electrons. The molecule has 0 aromatic heterocycles. The lowest BCUT2D eigenvalue weighted by Crippen LogP contribution is -2.55. The summed E-state index contributed by atoms with van der Waals surface area (Å²) in [5.74, 6) is 1.04. The molecular formula is C24H38N4O4. The first-order valence-electron chi connectivity index (χ1n) is 11.9. The van der Waals surface area contributed by atoms with Crippen LogP contribution in [0.4, 0.5) is 0 Å². The van der Waals surface area contributed by atoms with Crippen molar-refractivity contribution in [2.75, 3.05) is 59.2 Å². The lowest BCUT2D eigenvalue weighted by molar-refractivity contribution is -0.142. The van der Waals surface area contributed by atoms with Crippen LogP contribution in [0.1, 0.15) is 37.8 Å². The Morgan fingerprint density at radius 1 is 1.12 bits per heavy atom. The van der Waals surface area contributed by atoms with Crippen LogP contribution in [0.25, 0.3) is 0 Å². The van der Waals surface area contributed by atoms with Gasteiger partial charge in [-0.25, -0.2) is 4.99 Å². The maximum Gasteiger partial charge on any atom is 0.251 e. The van der Waals surface area contributed by atoms with Crippen molar-refractivity contribution in [3.05, 3.63) is 35.4 Å². The third-order valence-electron chi connectivity index (χ3n) is 5.68. The maximum absolute atomic E-state index is 12.6. The van der Waals surface area contributed by atoms with E-state index in [0.29, 0.717) is 52.7 Å². The van der Waals surface area contributed by atoms with E-state index in [9.17, 15) is 4.79 Å². The number of nitrogens with one attached hydrogen (secondary N) is 1. The molecule has 0 radical (unpaired) electrons. The van der Waals surface area contributed by atoms with Crippen LogP contribution < -0.4 is 5.32 Å². The first kappa shape index (κ1) is 24.5. The lowest BCUT2D eigenvalue weighted by Gasteiger charge is -2.37. The van der Waals surface area contributed by atoms with Crippen molar-refractivity contribution in [2.45, 2.75) is 45.9 Å². The predicted molar refractivity (Wildman–Crippen MR) is 125 cm³/mol. The minimum Gasteiger partial charge on any atom is -0.379 e. The molecule has 8 heteroatoms. The third-order valence-corrected chi connectivity index (χ3v) is 5.68. The van der Waals surface area contributed by atoms with Crippen LogP contribution >= 0.6 is 0 Å². The number of aliphatic imine (C=N–C) groups is 1. The Kier molecular flexibility index (Phi) is 10.3. The van der Waals surface area contributed by atoms with Crippen LogP contribution in [-0.2, 0) is 32.2 Å². The summed E-state index contributed by atoms with van der Waals surface area (Å²) < 4.78 is 16.5. The molecule has 2 saturated heterocycles. The number of rotatable bonds is 10. The van der Waals surface area contributed by atoms with Crippen LogP contribution in [0.3, 0.4) is 0 Å². The fourth-order valence-corrected chi connectivity index (χ4v) is 3.98. The zero-order chi connectivity index (χ0) is 22.6. The summed E-state index contributed by atoms with van der Waals surface area (Å²) in [4.78, 5) is 21.6. The highest BCUT2D eigenvalue weighted by Gasteiger charge is 2.30. The molecular weight excluding hydrogens is 408 g/mol. The topological polar surface area (TPSA) is 75.6 Å². The summed E-state index contributed by atoms with van der Waals surface area (Å²) in [6.45, 7) is 11.6. The van der Waals surface area contributed by atoms with Gasteiger partial charge in [0.25, 0.3) is 5.91 Å². The van der Waals surface area contributed by atoms with E-state index in [1.807, 2.05) is 11.8 Å². The second-order valence-electron chi connectivity index (χ2n) is 8.05. The molecule has 3 rings (SSSR count). The van der Waals surface area contributed by atoms with Crippen LogP contribution in [0.2, 0.25) is 0 Å². The summed E-state index contributed by atoms with van der Waals surface area (Å²) in [5, 5.41) is 3.40. The van der Waals surface area contributed by atoms with Crippen molar-refractivity contribution < 1.29 is 19.0 Å². The van der Waals surface area contributed by atoms with Crippen molar-refractivity contribution in [3.63, 3.8) is 0 Å². The maximum atomic E-state index is 12.6. The van der Waals surface area contributed by atoms with Gasteiger partial charge in [0, 0.05) is 45.9 Å². The van der Waals surface area contributed by atoms with Gasteiger partial charge in [-0.1, -0.05) is 24.3 Å². The Bertz CT molecular complexity index is 728. The fourth-order valence-electron chi connectivity index (χ4n) is 3.98. The summed E-state index contributed by atoms with van der Waals surface area (Å²) >= 11 is 0. The number of piperazine rings is 1. The van der Waals surface area contributed by atoms with Gasteiger partial charge in [-0.15, -0.1) is 0 Å². The van der Waals surface area contributed by atoms with E-state index < -0.39 is 0 Å². The third kappa shape index (κ3) is 7.46. The summed E-state index contributed by atoms with van der Waals surface area (Å²) in [6, 6.07) is 8.36. The van der Waals surface area contributed by atoms with Gasteiger partial charge in [0.2, 0.25) is 0 Å². The molecule has 2 aliphatic rings. The zero-order valence-electron chi connectivity index (χ0n) is 19.6. The highest BCUT2D eigenvalue weighted by atomic mass is 16.5. The molecule has 0 aliphatic carbocycles. The van der Waals surface area contributed by atoms with Crippen molar-refractivity contribution in [2.24, 2.45) is 4.99 Å². The predicted octanol–water partition coefficient (Wildman–Crippen LogP) is 2.03. The molecule has 32 heavy (non-hydrogen) atoms. The van der Waals surface area contributed by atoms with E-state index in [-0.39, 0.29) is 12.0 Å². The number of hydrogen-bond acceptors (Lipinski definition) is 5. The molecule has 1 N–H and O–H groups in total. The molecule has 2 aliphatic heterocycles. The molecule has 2 heterocycles. The highest BCUT2D eigenvalue weighted by molar-refractivity contribution is 5.82. The number of guanidine groups is 1. The number of hydrogen-bond donors (Lipinski definition) is 1. The number of nitrogens with zero attached hydrogens (tertiary/aromatic N) is 3. The molecule has 1 atom stereocenters. The van der Waals surface area contributed by atoms with Crippen LogP contribution in [0.5, 0.6) is 0 Å².